The van der Waals surface area contributed by atoms with E-state index >= 15 is 0 Å². The predicted octanol–water partition coefficient (Wildman–Crippen LogP) is 1.11. The molecule has 0 aliphatic carbocycles. The van der Waals surface area contributed by atoms with Crippen LogP contribution < -0.4 is 5.32 Å². The van der Waals surface area contributed by atoms with Crippen LogP contribution in [0.15, 0.2) is 30.3 Å². The van der Waals surface area contributed by atoms with Crippen LogP contribution in [-0.2, 0) is 44.8 Å². The largest absolute Gasteiger partial charge is 0.461 e. The van der Waals surface area contributed by atoms with E-state index in [0.29, 0.717) is 0 Å². The molecule has 0 unspecified atom stereocenters. The van der Waals surface area contributed by atoms with Crippen LogP contribution in [0.4, 0.5) is 0 Å². The number of benzene rings is 1. The van der Waals surface area contributed by atoms with Gasteiger partial charge in [0.15, 0.2) is 12.2 Å². The molecule has 0 saturated carbocycles. The minimum Gasteiger partial charge on any atom is -0.461 e. The average molecular weight is 462 g/mol. The van der Waals surface area contributed by atoms with Gasteiger partial charge in [-0.05, 0) is 12.0 Å². The van der Waals surface area contributed by atoms with Gasteiger partial charge in [0.05, 0.1) is 12.6 Å². The Balaban J connectivity index is 1.92. The summed E-state index contributed by atoms with van der Waals surface area (Å²) in [5.74, 6) is -2.27. The number of rotatable bonds is 9. The fourth-order valence-corrected chi connectivity index (χ4v) is 3.61. The highest BCUT2D eigenvalue weighted by molar-refractivity contribution is 5.78. The number of hydrogen-bond donors (Lipinski definition) is 1. The van der Waals surface area contributed by atoms with Crippen molar-refractivity contribution in [1.82, 2.24) is 10.2 Å². The molecule has 2 amide bonds. The minimum absolute atomic E-state index is 0.00486. The third-order valence-electron chi connectivity index (χ3n) is 4.96. The molecule has 1 fully saturated rings. The van der Waals surface area contributed by atoms with E-state index in [2.05, 4.69) is 5.32 Å². The summed E-state index contributed by atoms with van der Waals surface area (Å²) in [5.41, 5.74) is 0.873. The van der Waals surface area contributed by atoms with Crippen molar-refractivity contribution in [1.29, 1.82) is 0 Å². The SMILES string of the molecule is CC(=O)N[C@H]1CN(C(=O)CCCC(=O)OCc2ccccc2)C[C@H](OC(C)=O)[C@@H]1OC(C)=O. The van der Waals surface area contributed by atoms with E-state index < -0.39 is 36.2 Å². The molecule has 0 aromatic heterocycles. The number of nitrogens with zero attached hydrogens (tertiary/aromatic N) is 1. The Morgan fingerprint density at radius 1 is 0.939 bits per heavy atom. The summed E-state index contributed by atoms with van der Waals surface area (Å²) in [6.45, 7) is 3.97. The summed E-state index contributed by atoms with van der Waals surface area (Å²) in [6.07, 6.45) is -1.44. The van der Waals surface area contributed by atoms with Crippen LogP contribution in [-0.4, -0.2) is 66.0 Å². The van der Waals surface area contributed by atoms with E-state index in [4.69, 9.17) is 14.2 Å². The third-order valence-corrected chi connectivity index (χ3v) is 4.96. The minimum atomic E-state index is -0.934. The van der Waals surface area contributed by atoms with Crippen LogP contribution in [0.2, 0.25) is 0 Å². The molecule has 10 heteroatoms. The van der Waals surface area contributed by atoms with Crippen molar-refractivity contribution in [2.45, 2.75) is 64.9 Å². The fraction of sp³-hybridized carbons (Fsp3) is 0.522. The van der Waals surface area contributed by atoms with Gasteiger partial charge in [0.1, 0.15) is 6.61 Å². The number of carbonyl (C=O) groups is 5. The molecule has 3 atom stereocenters. The number of esters is 3. The Hall–Kier alpha value is -3.43. The zero-order chi connectivity index (χ0) is 24.4. The van der Waals surface area contributed by atoms with E-state index in [1.54, 1.807) is 0 Å². The molecular formula is C23H30N2O8. The second kappa shape index (κ2) is 12.6. The lowest BCUT2D eigenvalue weighted by Gasteiger charge is -2.42. The van der Waals surface area contributed by atoms with Crippen molar-refractivity contribution in [2.24, 2.45) is 0 Å². The summed E-state index contributed by atoms with van der Waals surface area (Å²) >= 11 is 0. The van der Waals surface area contributed by atoms with Crippen LogP contribution in [0.5, 0.6) is 0 Å². The molecule has 1 heterocycles. The Labute approximate surface area is 192 Å². The Morgan fingerprint density at radius 2 is 1.61 bits per heavy atom. The molecule has 1 aromatic carbocycles. The van der Waals surface area contributed by atoms with Crippen LogP contribution in [0, 0.1) is 0 Å². The number of likely N-dealkylation sites (tertiary alicyclic amines) is 1. The maximum Gasteiger partial charge on any atom is 0.306 e. The lowest BCUT2D eigenvalue weighted by Crippen LogP contribution is -2.64. The third kappa shape index (κ3) is 8.91. The fourth-order valence-electron chi connectivity index (χ4n) is 3.61. The monoisotopic (exact) mass is 462 g/mol. The topological polar surface area (TPSA) is 128 Å². The zero-order valence-electron chi connectivity index (χ0n) is 19.1. The molecule has 1 saturated heterocycles. The van der Waals surface area contributed by atoms with Crippen LogP contribution >= 0.6 is 0 Å². The van der Waals surface area contributed by atoms with Gasteiger partial charge < -0.3 is 24.4 Å². The average Bonchev–Trinajstić information content (AvgIpc) is 2.74. The first-order chi connectivity index (χ1) is 15.7. The van der Waals surface area contributed by atoms with Crippen molar-refractivity contribution < 1.29 is 38.2 Å². The number of hydrogen-bond acceptors (Lipinski definition) is 8. The highest BCUT2D eigenvalue weighted by atomic mass is 16.6. The molecule has 1 N–H and O–H groups in total. The van der Waals surface area contributed by atoms with E-state index in [9.17, 15) is 24.0 Å². The van der Waals surface area contributed by atoms with Gasteiger partial charge in [-0.1, -0.05) is 30.3 Å². The molecule has 1 aliphatic rings. The molecule has 1 aliphatic heterocycles. The predicted molar refractivity (Wildman–Crippen MR) is 115 cm³/mol. The van der Waals surface area contributed by atoms with Crippen molar-refractivity contribution >= 4 is 29.7 Å². The summed E-state index contributed by atoms with van der Waals surface area (Å²) in [5, 5.41) is 2.66. The van der Waals surface area contributed by atoms with Crippen molar-refractivity contribution in [3.63, 3.8) is 0 Å². The standard InChI is InChI=1S/C23H30N2O8/c1-15(26)24-19-12-25(13-20(32-16(2)27)23(19)33-17(3)28)21(29)10-7-11-22(30)31-14-18-8-5-4-6-9-18/h4-6,8-9,19-20,23H,7,10-14H2,1-3H3,(H,24,26)/t19-,20-,23+/m0/s1. The summed E-state index contributed by atoms with van der Waals surface area (Å²) in [6, 6.07) is 8.52. The van der Waals surface area contributed by atoms with E-state index in [-0.39, 0.29) is 50.8 Å². The Kier molecular flexibility index (Phi) is 9.84. The number of ether oxygens (including phenoxy) is 3. The quantitative estimate of drug-likeness (QED) is 0.427. The van der Waals surface area contributed by atoms with Crippen LogP contribution in [0.25, 0.3) is 0 Å². The van der Waals surface area contributed by atoms with E-state index in [1.165, 1.54) is 25.7 Å². The lowest BCUT2D eigenvalue weighted by atomic mass is 9.98. The highest BCUT2D eigenvalue weighted by Crippen LogP contribution is 2.20. The van der Waals surface area contributed by atoms with Crippen LogP contribution in [0.1, 0.15) is 45.6 Å². The maximum absolute atomic E-state index is 12.8. The van der Waals surface area contributed by atoms with E-state index in [0.717, 1.165) is 5.56 Å². The van der Waals surface area contributed by atoms with E-state index in [1.807, 2.05) is 30.3 Å². The highest BCUT2D eigenvalue weighted by Gasteiger charge is 2.43. The van der Waals surface area contributed by atoms with Gasteiger partial charge in [-0.2, -0.15) is 0 Å². The molecule has 2 rings (SSSR count). The van der Waals surface area contributed by atoms with Gasteiger partial charge in [0.25, 0.3) is 0 Å². The first-order valence-corrected chi connectivity index (χ1v) is 10.7. The number of piperidine rings is 1. The van der Waals surface area contributed by atoms with Crippen molar-refractivity contribution in [3.8, 4) is 0 Å². The number of nitrogens with one attached hydrogen (secondary N) is 1. The van der Waals surface area contributed by atoms with Gasteiger partial charge in [0, 0.05) is 40.2 Å². The molecular weight excluding hydrogens is 432 g/mol. The number of carbonyl (C=O) groups excluding carboxylic acids is 5. The molecule has 0 bridgehead atoms. The molecule has 33 heavy (non-hydrogen) atoms. The number of amides is 2. The van der Waals surface area contributed by atoms with Gasteiger partial charge in [-0.25, -0.2) is 0 Å². The normalized spacial score (nSPS) is 19.8. The first kappa shape index (κ1) is 25.8. The molecule has 10 nitrogen and oxygen atoms in total. The van der Waals surface area contributed by atoms with Gasteiger partial charge in [-0.15, -0.1) is 0 Å². The molecule has 180 valence electrons. The van der Waals surface area contributed by atoms with Gasteiger partial charge >= 0.3 is 17.9 Å². The molecule has 0 spiro atoms. The second-order valence-corrected chi connectivity index (χ2v) is 7.83. The van der Waals surface area contributed by atoms with Crippen molar-refractivity contribution in [3.05, 3.63) is 35.9 Å². The molecule has 1 aromatic rings. The maximum atomic E-state index is 12.8. The van der Waals surface area contributed by atoms with Gasteiger partial charge in [-0.3, -0.25) is 24.0 Å². The molecule has 0 radical (unpaired) electrons. The summed E-state index contributed by atoms with van der Waals surface area (Å²) in [4.78, 5) is 60.9. The smallest absolute Gasteiger partial charge is 0.306 e. The van der Waals surface area contributed by atoms with Crippen molar-refractivity contribution in [2.75, 3.05) is 13.1 Å². The second-order valence-electron chi connectivity index (χ2n) is 7.83. The Morgan fingerprint density at radius 3 is 2.21 bits per heavy atom. The van der Waals surface area contributed by atoms with Crippen LogP contribution in [0.3, 0.4) is 0 Å². The Bertz CT molecular complexity index is 831. The summed E-state index contributed by atoms with van der Waals surface area (Å²) < 4.78 is 15.8. The zero-order valence-corrected chi connectivity index (χ0v) is 19.1. The van der Waals surface area contributed by atoms with Gasteiger partial charge in [0.2, 0.25) is 11.8 Å². The lowest BCUT2D eigenvalue weighted by molar-refractivity contribution is -0.177. The summed E-state index contributed by atoms with van der Waals surface area (Å²) in [7, 11) is 0. The first-order valence-electron chi connectivity index (χ1n) is 10.7.